The minimum Gasteiger partial charge on any atom is -0.508 e. The predicted molar refractivity (Wildman–Crippen MR) is 204 cm³/mol. The summed E-state index contributed by atoms with van der Waals surface area (Å²) < 4.78 is 35.4. The molecule has 0 bridgehead atoms. The largest absolute Gasteiger partial charge is 0.508 e. The van der Waals surface area contributed by atoms with Gasteiger partial charge >= 0.3 is 0 Å². The normalized spacial score (nSPS) is 12.3. The number of carbonyl (C=O) groups is 1. The lowest BCUT2D eigenvalue weighted by atomic mass is 10.0. The first-order valence-electron chi connectivity index (χ1n) is 17.4. The first-order valence-corrected chi connectivity index (χ1v) is 20.0. The predicted octanol–water partition coefficient (Wildman–Crippen LogP) is 8.60. The van der Waals surface area contributed by atoms with Crippen molar-refractivity contribution >= 4 is 49.7 Å². The molecule has 12 heteroatoms. The van der Waals surface area contributed by atoms with Gasteiger partial charge in [-0.15, -0.1) is 10.2 Å². The van der Waals surface area contributed by atoms with Gasteiger partial charge in [-0.1, -0.05) is 64.0 Å². The van der Waals surface area contributed by atoms with Gasteiger partial charge in [-0.25, -0.2) is 12.9 Å². The molecule has 50 heavy (non-hydrogen) atoms. The van der Waals surface area contributed by atoms with Crippen LogP contribution >= 0.6 is 22.6 Å². The Balaban J connectivity index is 1.18. The second-order valence-corrected chi connectivity index (χ2v) is 15.7. The number of unbranched alkanes of at least 4 members (excludes halogenated alkanes) is 7. The number of hydrogen-bond donors (Lipinski definition) is 3. The molecular formula is C38H46IN5O5S. The zero-order valence-corrected chi connectivity index (χ0v) is 31.7. The standard InChI is InChI=1S/C38H46IN5O5S/c1-3-4-5-6-7-8-9-10-13-34(49-31-21-25-33(26-22-31)50(47,48)32-23-19-30(45)20-24-32)38(46)40-29-17-15-28(16-18-29)12-11-14-35-41-42-37-36(39)27(2)43-44(35)37/h15-26,34,43,45H,3-14H2,1-2H3,(H,40,46). The number of aromatic nitrogens is 4. The summed E-state index contributed by atoms with van der Waals surface area (Å²) in [7, 11) is -3.77. The van der Waals surface area contributed by atoms with E-state index in [1.807, 2.05) is 35.7 Å². The van der Waals surface area contributed by atoms with Gasteiger partial charge in [0, 0.05) is 17.8 Å². The van der Waals surface area contributed by atoms with E-state index >= 15 is 0 Å². The number of anilines is 1. The number of fused-ring (bicyclic) bond motifs is 1. The van der Waals surface area contributed by atoms with Crippen molar-refractivity contribution in [2.45, 2.75) is 107 Å². The van der Waals surface area contributed by atoms with Crippen LogP contribution in [0.15, 0.2) is 82.6 Å². The van der Waals surface area contributed by atoms with Gasteiger partial charge in [0.2, 0.25) is 9.84 Å². The highest BCUT2D eigenvalue weighted by atomic mass is 127. The summed E-state index contributed by atoms with van der Waals surface area (Å²) >= 11 is 2.28. The number of carbonyl (C=O) groups excluding carboxylic acids is 1. The monoisotopic (exact) mass is 811 g/mol. The van der Waals surface area contributed by atoms with Crippen LogP contribution in [0.5, 0.6) is 11.5 Å². The number of H-pyrrole nitrogens is 1. The molecule has 2 aromatic heterocycles. The number of hydrogen-bond acceptors (Lipinski definition) is 7. The third-order valence-electron chi connectivity index (χ3n) is 8.79. The molecule has 10 nitrogen and oxygen atoms in total. The van der Waals surface area contributed by atoms with Crippen LogP contribution in [0.4, 0.5) is 5.69 Å². The summed E-state index contributed by atoms with van der Waals surface area (Å²) in [5.74, 6) is 1.07. The summed E-state index contributed by atoms with van der Waals surface area (Å²) in [6.45, 7) is 4.24. The summed E-state index contributed by atoms with van der Waals surface area (Å²) in [5.41, 5.74) is 3.79. The summed E-state index contributed by atoms with van der Waals surface area (Å²) in [6.07, 6.45) is 11.5. The number of nitrogens with one attached hydrogen (secondary N) is 2. The van der Waals surface area contributed by atoms with E-state index in [4.69, 9.17) is 4.74 Å². The molecule has 0 radical (unpaired) electrons. The lowest BCUT2D eigenvalue weighted by Crippen LogP contribution is -2.33. The van der Waals surface area contributed by atoms with Gasteiger partial charge in [-0.05, 0) is 121 Å². The number of phenols is 1. The van der Waals surface area contributed by atoms with Crippen molar-refractivity contribution in [3.63, 3.8) is 0 Å². The highest BCUT2D eigenvalue weighted by Gasteiger charge is 2.22. The van der Waals surface area contributed by atoms with Crippen molar-refractivity contribution in [3.8, 4) is 11.5 Å². The molecule has 5 rings (SSSR count). The van der Waals surface area contributed by atoms with Crippen LogP contribution in [-0.4, -0.2) is 45.3 Å². The number of aryl methyl sites for hydroxylation is 3. The molecular weight excluding hydrogens is 765 g/mol. The third-order valence-corrected chi connectivity index (χ3v) is 11.9. The van der Waals surface area contributed by atoms with Crippen molar-refractivity contribution in [1.29, 1.82) is 0 Å². The van der Waals surface area contributed by atoms with Crippen LogP contribution in [0.25, 0.3) is 5.65 Å². The molecule has 0 saturated heterocycles. The average molecular weight is 812 g/mol. The number of aromatic amines is 1. The molecule has 0 aliphatic rings. The van der Waals surface area contributed by atoms with Gasteiger partial charge in [0.15, 0.2) is 17.6 Å². The average Bonchev–Trinajstić information content (AvgIpc) is 3.64. The summed E-state index contributed by atoms with van der Waals surface area (Å²) in [5, 5.41) is 24.5. The SMILES string of the molecule is CCCCCCCCCCC(Oc1ccc(S(=O)(=O)c2ccc(O)cc2)cc1)C(=O)Nc1ccc(CCCc2nnc3c(I)c(C)[nH]n23)cc1. The van der Waals surface area contributed by atoms with Crippen LogP contribution < -0.4 is 10.1 Å². The first-order chi connectivity index (χ1) is 24.2. The molecule has 5 aromatic rings. The topological polar surface area (TPSA) is 139 Å². The Bertz CT molecular complexity index is 1940. The number of sulfone groups is 1. The van der Waals surface area contributed by atoms with Gasteiger partial charge in [-0.2, -0.15) is 0 Å². The number of rotatable bonds is 19. The third kappa shape index (κ3) is 9.87. The fourth-order valence-electron chi connectivity index (χ4n) is 5.88. The molecule has 3 aromatic carbocycles. The molecule has 0 aliphatic heterocycles. The maximum Gasteiger partial charge on any atom is 0.265 e. The van der Waals surface area contributed by atoms with Crippen LogP contribution in [0.1, 0.15) is 88.2 Å². The van der Waals surface area contributed by atoms with Gasteiger partial charge in [0.25, 0.3) is 5.91 Å². The van der Waals surface area contributed by atoms with E-state index in [9.17, 15) is 18.3 Å². The summed E-state index contributed by atoms with van der Waals surface area (Å²) in [6, 6.07) is 19.4. The van der Waals surface area contributed by atoms with E-state index in [0.29, 0.717) is 17.9 Å². The van der Waals surface area contributed by atoms with Crippen molar-refractivity contribution < 1.29 is 23.1 Å². The maximum atomic E-state index is 13.5. The zero-order valence-electron chi connectivity index (χ0n) is 28.7. The number of nitrogens with zero attached hydrogens (tertiary/aromatic N) is 3. The fraction of sp³-hybridized carbons (Fsp3) is 0.395. The lowest BCUT2D eigenvalue weighted by Gasteiger charge is -2.19. The molecule has 2 heterocycles. The molecule has 266 valence electrons. The minimum atomic E-state index is -3.77. The van der Waals surface area contributed by atoms with Crippen LogP contribution in [0.2, 0.25) is 0 Å². The number of phenolic OH excluding ortho intramolecular Hbond substituents is 1. The second kappa shape index (κ2) is 17.8. The van der Waals surface area contributed by atoms with Crippen LogP contribution in [0, 0.1) is 10.5 Å². The van der Waals surface area contributed by atoms with Crippen LogP contribution in [0.3, 0.4) is 0 Å². The van der Waals surface area contributed by atoms with E-state index in [1.165, 1.54) is 68.5 Å². The van der Waals surface area contributed by atoms with Crippen LogP contribution in [-0.2, 0) is 27.5 Å². The van der Waals surface area contributed by atoms with E-state index in [2.05, 4.69) is 50.1 Å². The number of halogens is 1. The molecule has 0 aliphatic carbocycles. The van der Waals surface area contributed by atoms with E-state index in [-0.39, 0.29) is 21.4 Å². The molecule has 0 spiro atoms. The lowest BCUT2D eigenvalue weighted by molar-refractivity contribution is -0.123. The number of aromatic hydroxyl groups is 1. The molecule has 3 N–H and O–H groups in total. The Morgan fingerprint density at radius 2 is 1.48 bits per heavy atom. The quantitative estimate of drug-likeness (QED) is 0.0561. The van der Waals surface area contributed by atoms with E-state index in [0.717, 1.165) is 64.8 Å². The molecule has 1 atom stereocenters. The fourth-order valence-corrected chi connectivity index (χ4v) is 7.61. The van der Waals surface area contributed by atoms with Crippen molar-refractivity contribution in [3.05, 3.63) is 93.4 Å². The molecule has 1 amide bonds. The Morgan fingerprint density at radius 1 is 0.860 bits per heavy atom. The highest BCUT2D eigenvalue weighted by molar-refractivity contribution is 14.1. The first kappa shape index (κ1) is 37.3. The zero-order chi connectivity index (χ0) is 35.5. The Hall–Kier alpha value is -3.91. The number of amides is 1. The second-order valence-electron chi connectivity index (χ2n) is 12.7. The summed E-state index contributed by atoms with van der Waals surface area (Å²) in [4.78, 5) is 13.7. The van der Waals surface area contributed by atoms with E-state index < -0.39 is 15.9 Å². The smallest absolute Gasteiger partial charge is 0.265 e. The molecule has 0 fully saturated rings. The highest BCUT2D eigenvalue weighted by Crippen LogP contribution is 2.26. The Labute approximate surface area is 308 Å². The minimum absolute atomic E-state index is 0.00717. The van der Waals surface area contributed by atoms with Gasteiger partial charge in [0.1, 0.15) is 11.5 Å². The van der Waals surface area contributed by atoms with Gasteiger partial charge in [-0.3, -0.25) is 9.89 Å². The van der Waals surface area contributed by atoms with Crippen molar-refractivity contribution in [2.75, 3.05) is 5.32 Å². The van der Waals surface area contributed by atoms with Gasteiger partial charge in [0.05, 0.1) is 13.4 Å². The van der Waals surface area contributed by atoms with Crippen molar-refractivity contribution in [1.82, 2.24) is 19.8 Å². The molecule has 1 unspecified atom stereocenters. The molecule has 0 saturated carbocycles. The van der Waals surface area contributed by atoms with E-state index in [1.54, 1.807) is 12.1 Å². The Kier molecular flexibility index (Phi) is 13.3. The van der Waals surface area contributed by atoms with Crippen molar-refractivity contribution in [2.24, 2.45) is 0 Å². The number of ether oxygens (including phenoxy) is 1. The number of benzene rings is 3. The maximum absolute atomic E-state index is 13.5. The van der Waals surface area contributed by atoms with Gasteiger partial charge < -0.3 is 15.2 Å². The Morgan fingerprint density at radius 3 is 2.14 bits per heavy atom.